The largest absolute Gasteiger partial charge is 0.473 e. The van der Waals surface area contributed by atoms with Crippen LogP contribution in [0.2, 0.25) is 0 Å². The van der Waals surface area contributed by atoms with Crippen molar-refractivity contribution in [2.75, 3.05) is 26.3 Å². The van der Waals surface area contributed by atoms with Crippen molar-refractivity contribution < 1.29 is 14.3 Å². The van der Waals surface area contributed by atoms with Crippen molar-refractivity contribution >= 4 is 17.1 Å². The van der Waals surface area contributed by atoms with Gasteiger partial charge in [0.05, 0.1) is 25.0 Å². The second-order valence-electron chi connectivity index (χ2n) is 8.49. The molecule has 4 heterocycles. The highest BCUT2D eigenvalue weighted by Gasteiger charge is 2.35. The molecule has 32 heavy (non-hydrogen) atoms. The highest BCUT2D eigenvalue weighted by atomic mass is 16.5. The molecule has 2 aliphatic rings. The van der Waals surface area contributed by atoms with E-state index in [0.717, 1.165) is 36.5 Å². The van der Waals surface area contributed by atoms with E-state index in [4.69, 9.17) is 14.5 Å². The first-order valence-corrected chi connectivity index (χ1v) is 11.3. The third-order valence-corrected chi connectivity index (χ3v) is 6.60. The maximum absolute atomic E-state index is 12.8. The number of aryl methyl sites for hydroxylation is 2. The molecule has 170 valence electrons. The molecule has 0 N–H and O–H groups in total. The Balaban J connectivity index is 1.36. The number of carbonyl (C=O) groups excluding carboxylic acids is 1. The molecule has 2 unspecified atom stereocenters. The number of nitrogens with zero attached hydrogens (tertiary/aromatic N) is 7. The summed E-state index contributed by atoms with van der Waals surface area (Å²) < 4.78 is 15.5. The highest BCUT2D eigenvalue weighted by molar-refractivity contribution is 5.81. The van der Waals surface area contributed by atoms with Gasteiger partial charge >= 0.3 is 0 Å². The molecule has 1 aliphatic carbocycles. The van der Waals surface area contributed by atoms with Crippen molar-refractivity contribution in [2.45, 2.75) is 45.8 Å². The molecule has 0 spiro atoms. The number of imidazole rings is 1. The number of aromatic nitrogens is 6. The van der Waals surface area contributed by atoms with Crippen molar-refractivity contribution in [1.29, 1.82) is 0 Å². The lowest BCUT2D eigenvalue weighted by Gasteiger charge is -2.29. The van der Waals surface area contributed by atoms with E-state index in [1.54, 1.807) is 0 Å². The van der Waals surface area contributed by atoms with Crippen molar-refractivity contribution in [3.05, 3.63) is 18.2 Å². The van der Waals surface area contributed by atoms with E-state index in [1.807, 2.05) is 34.3 Å². The molecular formula is C22H29N7O3. The normalized spacial score (nSPS) is 21.4. The quantitative estimate of drug-likeness (QED) is 0.599. The molecule has 2 fully saturated rings. The van der Waals surface area contributed by atoms with Crippen LogP contribution in [-0.4, -0.2) is 72.5 Å². The van der Waals surface area contributed by atoms with Gasteiger partial charge in [0.15, 0.2) is 11.2 Å². The van der Waals surface area contributed by atoms with Crippen LogP contribution in [0.3, 0.4) is 0 Å². The first kappa shape index (κ1) is 20.9. The molecule has 2 atom stereocenters. The van der Waals surface area contributed by atoms with E-state index in [0.29, 0.717) is 49.8 Å². The summed E-state index contributed by atoms with van der Waals surface area (Å²) in [6.45, 7) is 7.51. The fourth-order valence-corrected chi connectivity index (χ4v) is 4.76. The summed E-state index contributed by atoms with van der Waals surface area (Å²) in [5.41, 5.74) is 3.38. The Bertz CT molecular complexity index is 1130. The highest BCUT2D eigenvalue weighted by Crippen LogP contribution is 2.33. The van der Waals surface area contributed by atoms with E-state index in [-0.39, 0.29) is 17.9 Å². The van der Waals surface area contributed by atoms with Gasteiger partial charge in [0.25, 0.3) is 0 Å². The number of hydrogen-bond donors (Lipinski definition) is 0. The predicted molar refractivity (Wildman–Crippen MR) is 117 cm³/mol. The molecule has 10 nitrogen and oxygen atoms in total. The number of ether oxygens (including phenoxy) is 2. The van der Waals surface area contributed by atoms with E-state index >= 15 is 0 Å². The van der Waals surface area contributed by atoms with Crippen LogP contribution in [0, 0.1) is 12.8 Å². The minimum Gasteiger partial charge on any atom is -0.473 e. The topological polar surface area (TPSA) is 100 Å². The van der Waals surface area contributed by atoms with Gasteiger partial charge in [0.1, 0.15) is 18.3 Å². The van der Waals surface area contributed by atoms with Crippen molar-refractivity contribution in [3.8, 4) is 17.3 Å². The Morgan fingerprint density at radius 2 is 2.06 bits per heavy atom. The fourth-order valence-electron chi connectivity index (χ4n) is 4.76. The molecule has 1 amide bonds. The van der Waals surface area contributed by atoms with Crippen LogP contribution < -0.4 is 4.74 Å². The molecule has 5 rings (SSSR count). The summed E-state index contributed by atoms with van der Waals surface area (Å²) in [5, 5.41) is 4.44. The summed E-state index contributed by atoms with van der Waals surface area (Å²) in [7, 11) is 1.94. The molecule has 10 heteroatoms. The first-order valence-electron chi connectivity index (χ1n) is 11.3. The maximum atomic E-state index is 12.8. The van der Waals surface area contributed by atoms with Gasteiger partial charge in [0.2, 0.25) is 11.8 Å². The Kier molecular flexibility index (Phi) is 5.54. The third kappa shape index (κ3) is 3.62. The summed E-state index contributed by atoms with van der Waals surface area (Å²) in [4.78, 5) is 28.4. The number of rotatable bonds is 5. The van der Waals surface area contributed by atoms with Crippen LogP contribution in [0.25, 0.3) is 22.6 Å². The Labute approximate surface area is 186 Å². The van der Waals surface area contributed by atoms with Crippen LogP contribution in [0.5, 0.6) is 5.88 Å². The summed E-state index contributed by atoms with van der Waals surface area (Å²) in [6.07, 6.45) is 5.65. The smallest absolute Gasteiger partial charge is 0.245 e. The van der Waals surface area contributed by atoms with Gasteiger partial charge in [-0.05, 0) is 33.1 Å². The predicted octanol–water partition coefficient (Wildman–Crippen LogP) is 1.96. The zero-order chi connectivity index (χ0) is 22.2. The Morgan fingerprint density at radius 3 is 2.81 bits per heavy atom. The molecule has 0 aromatic carbocycles. The van der Waals surface area contributed by atoms with Crippen molar-refractivity contribution in [3.63, 3.8) is 0 Å². The number of carbonyl (C=O) groups is 1. The van der Waals surface area contributed by atoms with Gasteiger partial charge in [-0.2, -0.15) is 10.1 Å². The lowest BCUT2D eigenvalue weighted by Crippen LogP contribution is -2.43. The summed E-state index contributed by atoms with van der Waals surface area (Å²) >= 11 is 0. The average Bonchev–Trinajstić information content (AvgIpc) is 3.52. The molecular weight excluding hydrogens is 410 g/mol. The van der Waals surface area contributed by atoms with Gasteiger partial charge in [-0.3, -0.25) is 9.48 Å². The second-order valence-corrected chi connectivity index (χ2v) is 8.49. The lowest BCUT2D eigenvalue weighted by atomic mass is 10.1. The van der Waals surface area contributed by atoms with Crippen LogP contribution in [0.1, 0.15) is 31.9 Å². The number of hydrogen-bond acceptors (Lipinski definition) is 7. The molecule has 0 radical (unpaired) electrons. The van der Waals surface area contributed by atoms with Crippen LogP contribution in [-0.2, 0) is 23.1 Å². The molecule has 1 aliphatic heterocycles. The lowest BCUT2D eigenvalue weighted by molar-refractivity contribution is -0.139. The Morgan fingerprint density at radius 1 is 1.25 bits per heavy atom. The maximum Gasteiger partial charge on any atom is 0.245 e. The molecule has 3 aromatic rings. The molecule has 0 bridgehead atoms. The van der Waals surface area contributed by atoms with Crippen molar-refractivity contribution in [2.24, 2.45) is 13.0 Å². The van der Waals surface area contributed by atoms with E-state index < -0.39 is 0 Å². The number of fused-ring (bicyclic) bond motifs is 1. The van der Waals surface area contributed by atoms with Crippen molar-refractivity contribution in [1.82, 2.24) is 34.2 Å². The van der Waals surface area contributed by atoms with E-state index in [9.17, 15) is 4.79 Å². The SMILES string of the molecule is CCn1ncc(-c2nc3c(OC4CCC(C(=O)N5CCOCC5)C4)ncnc3n2C)c1C. The zero-order valence-electron chi connectivity index (χ0n) is 18.8. The Hall–Kier alpha value is -3.01. The van der Waals surface area contributed by atoms with Crippen LogP contribution >= 0.6 is 0 Å². The summed E-state index contributed by atoms with van der Waals surface area (Å²) in [6, 6.07) is 0. The second kappa shape index (κ2) is 8.50. The number of morpholine rings is 1. The monoisotopic (exact) mass is 439 g/mol. The van der Waals surface area contributed by atoms with Gasteiger partial charge in [-0.15, -0.1) is 0 Å². The standard InChI is InChI=1S/C22H29N7O3/c1-4-29-14(2)17(12-25-29)19-26-18-20(27(19)3)23-13-24-21(18)32-16-6-5-15(11-16)22(30)28-7-9-31-10-8-28/h12-13,15-16H,4-11H2,1-3H3. The zero-order valence-corrected chi connectivity index (χ0v) is 18.8. The van der Waals surface area contributed by atoms with Gasteiger partial charge < -0.3 is 18.9 Å². The van der Waals surface area contributed by atoms with Crippen LogP contribution in [0.4, 0.5) is 0 Å². The first-order chi connectivity index (χ1) is 15.6. The van der Waals surface area contributed by atoms with Crippen LogP contribution in [0.15, 0.2) is 12.5 Å². The fraction of sp³-hybridized carbons (Fsp3) is 0.591. The minimum absolute atomic E-state index is 0.00254. The molecule has 3 aromatic heterocycles. The van der Waals surface area contributed by atoms with Gasteiger partial charge in [-0.25, -0.2) is 9.97 Å². The number of amides is 1. The van der Waals surface area contributed by atoms with Gasteiger partial charge in [0, 0.05) is 38.3 Å². The van der Waals surface area contributed by atoms with E-state index in [1.165, 1.54) is 6.33 Å². The average molecular weight is 440 g/mol. The molecule has 1 saturated carbocycles. The third-order valence-electron chi connectivity index (χ3n) is 6.60. The van der Waals surface area contributed by atoms with E-state index in [2.05, 4.69) is 22.0 Å². The summed E-state index contributed by atoms with van der Waals surface area (Å²) in [5.74, 6) is 1.48. The molecule has 1 saturated heterocycles. The van der Waals surface area contributed by atoms with Gasteiger partial charge in [-0.1, -0.05) is 0 Å². The minimum atomic E-state index is -0.0573.